The van der Waals surface area contributed by atoms with Crippen molar-refractivity contribution in [3.63, 3.8) is 0 Å². The molecule has 0 radical (unpaired) electrons. The normalized spacial score (nSPS) is 18.3. The van der Waals surface area contributed by atoms with E-state index in [1.54, 1.807) is 0 Å². The maximum Gasteiger partial charge on any atom is 0.191 e. The first-order chi connectivity index (χ1) is 12.9. The van der Waals surface area contributed by atoms with E-state index in [1.807, 2.05) is 18.2 Å². The summed E-state index contributed by atoms with van der Waals surface area (Å²) in [6.07, 6.45) is 2.59. The number of hydrogen-bond acceptors (Lipinski definition) is 3. The van der Waals surface area contributed by atoms with Gasteiger partial charge in [-0.2, -0.15) is 0 Å². The number of aliphatic imine (C=N–C) groups is 1. The number of rotatable bonds is 7. The number of piperidine rings is 1. The van der Waals surface area contributed by atoms with E-state index in [1.165, 1.54) is 25.9 Å². The summed E-state index contributed by atoms with van der Waals surface area (Å²) in [6.45, 7) is 16.6. The Hall–Kier alpha value is -1.02. The molecule has 1 saturated heterocycles. The van der Waals surface area contributed by atoms with Crippen LogP contribution in [0.3, 0.4) is 0 Å². The zero-order valence-corrected chi connectivity index (χ0v) is 20.6. The molecule has 0 aromatic heterocycles. The van der Waals surface area contributed by atoms with Crippen molar-refractivity contribution in [2.75, 3.05) is 32.7 Å². The first kappa shape index (κ1) is 25.0. The van der Waals surface area contributed by atoms with Crippen LogP contribution >= 0.6 is 24.0 Å². The summed E-state index contributed by atoms with van der Waals surface area (Å²) >= 11 is 0. The lowest BCUT2D eigenvalue weighted by atomic mass is 9.98. The number of guanidine groups is 1. The van der Waals surface area contributed by atoms with Crippen LogP contribution in [0.25, 0.3) is 0 Å². The molecule has 2 N–H and O–H groups in total. The van der Waals surface area contributed by atoms with E-state index in [9.17, 15) is 0 Å². The Morgan fingerprint density at radius 2 is 1.96 bits per heavy atom. The third kappa shape index (κ3) is 8.99. The fourth-order valence-electron chi connectivity index (χ4n) is 3.42. The van der Waals surface area contributed by atoms with Gasteiger partial charge in [0.15, 0.2) is 5.96 Å². The van der Waals surface area contributed by atoms with Crippen LogP contribution in [0.15, 0.2) is 29.3 Å². The molecule has 1 aliphatic heterocycles. The zero-order chi connectivity index (χ0) is 19.7. The number of hydrogen-bond donors (Lipinski definition) is 2. The summed E-state index contributed by atoms with van der Waals surface area (Å²) in [6, 6.07) is 8.18. The van der Waals surface area contributed by atoms with E-state index < -0.39 is 0 Å². The van der Waals surface area contributed by atoms with E-state index in [-0.39, 0.29) is 29.6 Å². The first-order valence-corrected chi connectivity index (χ1v) is 10.4. The van der Waals surface area contributed by atoms with Crippen molar-refractivity contribution in [3.8, 4) is 5.75 Å². The highest BCUT2D eigenvalue weighted by atomic mass is 127. The zero-order valence-electron chi connectivity index (χ0n) is 18.3. The molecular weight excluding hydrogens is 463 g/mol. The van der Waals surface area contributed by atoms with Gasteiger partial charge in [0.25, 0.3) is 0 Å². The second kappa shape index (κ2) is 12.5. The molecule has 0 spiro atoms. The van der Waals surface area contributed by atoms with Gasteiger partial charge in [0.1, 0.15) is 11.4 Å². The quantitative estimate of drug-likeness (QED) is 0.332. The molecule has 160 valence electrons. The molecule has 1 unspecified atom stereocenters. The predicted octanol–water partition coefficient (Wildman–Crippen LogP) is 4.27. The van der Waals surface area contributed by atoms with Crippen molar-refractivity contribution in [2.24, 2.45) is 10.9 Å². The van der Waals surface area contributed by atoms with Gasteiger partial charge in [0.2, 0.25) is 0 Å². The smallest absolute Gasteiger partial charge is 0.191 e. The molecule has 1 heterocycles. The SMILES string of the molecule is CCNC(=NCc1ccccc1OC(C)(C)C)NCC1CCCN(CC)C1.I. The second-order valence-electron chi connectivity index (χ2n) is 8.30. The van der Waals surface area contributed by atoms with Gasteiger partial charge in [-0.15, -0.1) is 24.0 Å². The maximum atomic E-state index is 6.09. The van der Waals surface area contributed by atoms with Crippen LogP contribution in [0.1, 0.15) is 53.0 Å². The monoisotopic (exact) mass is 502 g/mol. The first-order valence-electron chi connectivity index (χ1n) is 10.4. The molecule has 0 aliphatic carbocycles. The number of para-hydroxylation sites is 1. The van der Waals surface area contributed by atoms with Gasteiger partial charge in [-0.25, -0.2) is 4.99 Å². The Morgan fingerprint density at radius 3 is 2.64 bits per heavy atom. The van der Waals surface area contributed by atoms with E-state index in [0.717, 1.165) is 36.9 Å². The molecule has 0 bridgehead atoms. The highest BCUT2D eigenvalue weighted by molar-refractivity contribution is 14.0. The van der Waals surface area contributed by atoms with Crippen LogP contribution in [0.2, 0.25) is 0 Å². The van der Waals surface area contributed by atoms with Crippen molar-refractivity contribution in [3.05, 3.63) is 29.8 Å². The van der Waals surface area contributed by atoms with Crippen molar-refractivity contribution in [2.45, 2.75) is 59.6 Å². The summed E-state index contributed by atoms with van der Waals surface area (Å²) in [5, 5.41) is 6.91. The lowest BCUT2D eigenvalue weighted by Crippen LogP contribution is -2.44. The Bertz CT molecular complexity index is 600. The minimum absolute atomic E-state index is 0. The highest BCUT2D eigenvalue weighted by Gasteiger charge is 2.19. The van der Waals surface area contributed by atoms with Crippen LogP contribution in [-0.4, -0.2) is 49.2 Å². The minimum atomic E-state index is -0.214. The molecular formula is C22H39IN4O. The summed E-state index contributed by atoms with van der Waals surface area (Å²) in [5.41, 5.74) is 0.897. The van der Waals surface area contributed by atoms with Crippen molar-refractivity contribution in [1.82, 2.24) is 15.5 Å². The van der Waals surface area contributed by atoms with Crippen molar-refractivity contribution < 1.29 is 4.74 Å². The Kier molecular flexibility index (Phi) is 11.2. The average Bonchev–Trinajstić information content (AvgIpc) is 2.64. The number of halogens is 1. The third-order valence-corrected chi connectivity index (χ3v) is 4.75. The lowest BCUT2D eigenvalue weighted by molar-refractivity contribution is 0.129. The fraction of sp³-hybridized carbons (Fsp3) is 0.682. The van der Waals surface area contributed by atoms with E-state index in [0.29, 0.717) is 12.5 Å². The van der Waals surface area contributed by atoms with Crippen LogP contribution in [-0.2, 0) is 6.54 Å². The van der Waals surface area contributed by atoms with Crippen LogP contribution in [0.4, 0.5) is 0 Å². The van der Waals surface area contributed by atoms with Gasteiger partial charge in [-0.1, -0.05) is 25.1 Å². The largest absolute Gasteiger partial charge is 0.488 e. The van der Waals surface area contributed by atoms with Gasteiger partial charge in [0.05, 0.1) is 6.54 Å². The lowest BCUT2D eigenvalue weighted by Gasteiger charge is -2.32. The van der Waals surface area contributed by atoms with Crippen LogP contribution in [0, 0.1) is 5.92 Å². The summed E-state index contributed by atoms with van der Waals surface area (Å²) in [5.74, 6) is 2.49. The Morgan fingerprint density at radius 1 is 1.21 bits per heavy atom. The number of ether oxygens (including phenoxy) is 1. The summed E-state index contributed by atoms with van der Waals surface area (Å²) in [7, 11) is 0. The molecule has 1 atom stereocenters. The number of nitrogens with zero attached hydrogens (tertiary/aromatic N) is 2. The predicted molar refractivity (Wildman–Crippen MR) is 130 cm³/mol. The molecule has 6 heteroatoms. The van der Waals surface area contributed by atoms with Crippen molar-refractivity contribution >= 4 is 29.9 Å². The van der Waals surface area contributed by atoms with Gasteiger partial charge < -0.3 is 20.3 Å². The molecule has 1 fully saturated rings. The minimum Gasteiger partial charge on any atom is -0.488 e. The molecule has 28 heavy (non-hydrogen) atoms. The van der Waals surface area contributed by atoms with Gasteiger partial charge >= 0.3 is 0 Å². The van der Waals surface area contributed by atoms with E-state index >= 15 is 0 Å². The van der Waals surface area contributed by atoms with E-state index in [2.05, 4.69) is 56.2 Å². The Balaban J connectivity index is 0.00000392. The van der Waals surface area contributed by atoms with Crippen molar-refractivity contribution in [1.29, 1.82) is 0 Å². The standard InChI is InChI=1S/C22H38N4O.HI/c1-6-23-21(24-15-18-11-10-14-26(7-2)17-18)25-16-19-12-8-9-13-20(19)27-22(3,4)5;/h8-9,12-13,18H,6-7,10-11,14-17H2,1-5H3,(H2,23,24,25);1H. The van der Waals surface area contributed by atoms with Gasteiger partial charge in [-0.3, -0.25) is 0 Å². The molecule has 2 rings (SSSR count). The summed E-state index contributed by atoms with van der Waals surface area (Å²) in [4.78, 5) is 7.34. The highest BCUT2D eigenvalue weighted by Crippen LogP contribution is 2.23. The van der Waals surface area contributed by atoms with E-state index in [4.69, 9.17) is 9.73 Å². The molecule has 1 aromatic carbocycles. The maximum absolute atomic E-state index is 6.09. The molecule has 0 saturated carbocycles. The molecule has 0 amide bonds. The van der Waals surface area contributed by atoms with Crippen LogP contribution in [0.5, 0.6) is 5.75 Å². The second-order valence-corrected chi connectivity index (χ2v) is 8.30. The number of benzene rings is 1. The van der Waals surface area contributed by atoms with Gasteiger partial charge in [-0.05, 0) is 65.6 Å². The molecule has 1 aromatic rings. The summed E-state index contributed by atoms with van der Waals surface area (Å²) < 4.78 is 6.09. The van der Waals surface area contributed by atoms with Crippen LogP contribution < -0.4 is 15.4 Å². The third-order valence-electron chi connectivity index (χ3n) is 4.75. The average molecular weight is 502 g/mol. The van der Waals surface area contributed by atoms with Gasteiger partial charge in [0, 0.05) is 25.2 Å². The molecule has 1 aliphatic rings. The fourth-order valence-corrected chi connectivity index (χ4v) is 3.42. The number of likely N-dealkylation sites (tertiary alicyclic amines) is 1. The number of nitrogens with one attached hydrogen (secondary N) is 2. The topological polar surface area (TPSA) is 48.9 Å². The Labute approximate surface area is 188 Å². The molecule has 5 nitrogen and oxygen atoms in total.